The van der Waals surface area contributed by atoms with Gasteiger partial charge in [0, 0.05) is 36.9 Å². The van der Waals surface area contributed by atoms with Crippen LogP contribution < -0.4 is 20.7 Å². The fourth-order valence-corrected chi connectivity index (χ4v) is 3.04. The van der Waals surface area contributed by atoms with E-state index in [9.17, 15) is 14.0 Å². The van der Waals surface area contributed by atoms with Crippen molar-refractivity contribution in [2.75, 3.05) is 25.6 Å². The van der Waals surface area contributed by atoms with Crippen LogP contribution in [0.4, 0.5) is 10.1 Å². The quantitative estimate of drug-likeness (QED) is 0.295. The lowest BCUT2D eigenvalue weighted by Crippen LogP contribution is -2.45. The molecule has 0 bridgehead atoms. The van der Waals surface area contributed by atoms with Gasteiger partial charge in [-0.05, 0) is 49.2 Å². The summed E-state index contributed by atoms with van der Waals surface area (Å²) in [5, 5.41) is 2.97. The Balaban J connectivity index is 0.000000258. The Hall–Kier alpha value is -4.03. The van der Waals surface area contributed by atoms with E-state index in [1.54, 1.807) is 31.1 Å². The zero-order valence-electron chi connectivity index (χ0n) is 20.3. The van der Waals surface area contributed by atoms with E-state index in [0.29, 0.717) is 42.4 Å². The van der Waals surface area contributed by atoms with Crippen LogP contribution in [-0.4, -0.2) is 50.3 Å². The Bertz CT molecular complexity index is 1150. The molecule has 0 spiro atoms. The number of halogens is 1. The molecular formula is C26H30FN5O3. The van der Waals surface area contributed by atoms with E-state index in [1.807, 2.05) is 32.0 Å². The van der Waals surface area contributed by atoms with Crippen molar-refractivity contribution in [3.63, 3.8) is 0 Å². The molecular weight excluding hydrogens is 449 g/mol. The predicted molar refractivity (Wildman–Crippen MR) is 135 cm³/mol. The summed E-state index contributed by atoms with van der Waals surface area (Å²) in [5.74, 6) is 6.73. The molecule has 1 aliphatic rings. The fourth-order valence-electron chi connectivity index (χ4n) is 3.04. The summed E-state index contributed by atoms with van der Waals surface area (Å²) < 4.78 is 18.4. The maximum absolute atomic E-state index is 12.7. The number of likely N-dealkylation sites (N-methyl/N-ethyl adjacent to an activating group) is 2. The van der Waals surface area contributed by atoms with E-state index in [0.717, 1.165) is 11.3 Å². The number of hydrogen-bond donors (Lipinski definition) is 2. The number of pyridine rings is 1. The van der Waals surface area contributed by atoms with Gasteiger partial charge in [0.2, 0.25) is 18.3 Å². The first-order valence-corrected chi connectivity index (χ1v) is 11.0. The molecule has 184 valence electrons. The topological polar surface area (TPSA) is 110 Å². The van der Waals surface area contributed by atoms with E-state index < -0.39 is 5.95 Å². The number of amides is 2. The molecule has 0 aliphatic carbocycles. The van der Waals surface area contributed by atoms with E-state index in [4.69, 9.17) is 10.5 Å². The second-order valence-corrected chi connectivity index (χ2v) is 7.91. The molecule has 2 amide bonds. The van der Waals surface area contributed by atoms with Gasteiger partial charge in [0.15, 0.2) is 0 Å². The van der Waals surface area contributed by atoms with Crippen LogP contribution in [0.2, 0.25) is 0 Å². The summed E-state index contributed by atoms with van der Waals surface area (Å²) >= 11 is 0. The molecule has 0 saturated carbocycles. The maximum atomic E-state index is 12.7. The summed E-state index contributed by atoms with van der Waals surface area (Å²) in [4.78, 5) is 30.9. The van der Waals surface area contributed by atoms with Crippen LogP contribution in [0.3, 0.4) is 0 Å². The second kappa shape index (κ2) is 13.6. The number of hydrogen-bond acceptors (Lipinski definition) is 6. The molecule has 1 aromatic carbocycles. The highest BCUT2D eigenvalue weighted by Crippen LogP contribution is 2.31. The first kappa shape index (κ1) is 27.2. The summed E-state index contributed by atoms with van der Waals surface area (Å²) in [6, 6.07) is 9.87. The Kier molecular flexibility index (Phi) is 10.6. The zero-order chi connectivity index (χ0) is 25.8. The van der Waals surface area contributed by atoms with Crippen LogP contribution in [-0.2, 0) is 16.0 Å². The van der Waals surface area contributed by atoms with Gasteiger partial charge in [-0.1, -0.05) is 31.8 Å². The average molecular weight is 480 g/mol. The lowest BCUT2D eigenvalue weighted by molar-refractivity contribution is -0.120. The van der Waals surface area contributed by atoms with Crippen molar-refractivity contribution in [2.24, 2.45) is 16.6 Å². The largest absolute Gasteiger partial charge is 0.489 e. The molecule has 1 aliphatic heterocycles. The predicted octanol–water partition coefficient (Wildman–Crippen LogP) is 2.47. The lowest BCUT2D eigenvalue weighted by Gasteiger charge is -2.19. The number of benzene rings is 1. The van der Waals surface area contributed by atoms with E-state index in [2.05, 4.69) is 27.1 Å². The van der Waals surface area contributed by atoms with Crippen LogP contribution in [0.15, 0.2) is 53.2 Å². The summed E-state index contributed by atoms with van der Waals surface area (Å²) in [5.41, 5.74) is 8.10. The zero-order valence-corrected chi connectivity index (χ0v) is 20.3. The molecule has 1 aromatic heterocycles. The number of anilines is 1. The van der Waals surface area contributed by atoms with E-state index in [1.165, 1.54) is 18.5 Å². The van der Waals surface area contributed by atoms with Gasteiger partial charge < -0.3 is 20.7 Å². The number of aromatic nitrogens is 1. The number of nitrogens with one attached hydrogen (secondary N) is 1. The third kappa shape index (κ3) is 8.36. The van der Waals surface area contributed by atoms with Crippen molar-refractivity contribution in [3.8, 4) is 17.6 Å². The van der Waals surface area contributed by atoms with Crippen LogP contribution >= 0.6 is 0 Å². The van der Waals surface area contributed by atoms with Crippen LogP contribution in [0.5, 0.6) is 5.75 Å². The highest BCUT2D eigenvalue weighted by molar-refractivity contribution is 5.99. The van der Waals surface area contributed by atoms with Gasteiger partial charge in [-0.15, -0.1) is 0 Å². The fraction of sp³-hybridized carbons (Fsp3) is 0.308. The Morgan fingerprint density at radius 3 is 2.80 bits per heavy atom. The molecule has 0 radical (unpaired) electrons. The molecule has 35 heavy (non-hydrogen) atoms. The standard InChI is InChI=1S/C16H20N2O2.C10H10FN3O/c1-11(2)5-6-12-7-8-15-14(9-12)18(4)16(19)13(17-3)10-20-15;11-10-3-1-2-9(14-10)4-8(5-12)6-13-7-15/h7-9,11,13,17H,10H2,1-4H3;1-3,5-7H,4,12H2/b;8-5-,13-6?. The number of nitrogens with two attached hydrogens (primary N) is 1. The summed E-state index contributed by atoms with van der Waals surface area (Å²) in [6.45, 7) is 4.43. The number of nitrogens with zero attached hydrogens (tertiary/aromatic N) is 3. The first-order chi connectivity index (χ1) is 16.8. The molecule has 8 nitrogen and oxygen atoms in total. The van der Waals surface area contributed by atoms with Crippen LogP contribution in [0.1, 0.15) is 25.1 Å². The minimum absolute atomic E-state index is 0.000203. The Labute approximate surface area is 205 Å². The molecule has 0 fully saturated rings. The van der Waals surface area contributed by atoms with Crippen molar-refractivity contribution >= 4 is 24.2 Å². The maximum Gasteiger partial charge on any atom is 0.247 e. The minimum atomic E-state index is -0.545. The molecule has 1 atom stereocenters. The number of carbonyl (C=O) groups is 2. The van der Waals surface area contributed by atoms with Gasteiger partial charge in [-0.2, -0.15) is 4.39 Å². The van der Waals surface area contributed by atoms with Crippen molar-refractivity contribution in [1.82, 2.24) is 10.3 Å². The third-order valence-electron chi connectivity index (χ3n) is 4.88. The lowest BCUT2D eigenvalue weighted by atomic mass is 10.1. The number of carbonyl (C=O) groups excluding carboxylic acids is 2. The van der Waals surface area contributed by atoms with Crippen LogP contribution in [0, 0.1) is 23.7 Å². The second-order valence-electron chi connectivity index (χ2n) is 7.91. The van der Waals surface area contributed by atoms with Gasteiger partial charge in [0.25, 0.3) is 0 Å². The van der Waals surface area contributed by atoms with Crippen molar-refractivity contribution < 1.29 is 18.7 Å². The highest BCUT2D eigenvalue weighted by Gasteiger charge is 2.28. The van der Waals surface area contributed by atoms with Gasteiger partial charge in [-0.25, -0.2) is 9.98 Å². The number of aliphatic imine (C=N–C) groups is 1. The van der Waals surface area contributed by atoms with Crippen molar-refractivity contribution in [3.05, 3.63) is 65.4 Å². The monoisotopic (exact) mass is 479 g/mol. The highest BCUT2D eigenvalue weighted by atomic mass is 19.1. The Morgan fingerprint density at radius 2 is 2.17 bits per heavy atom. The van der Waals surface area contributed by atoms with Gasteiger partial charge >= 0.3 is 0 Å². The minimum Gasteiger partial charge on any atom is -0.489 e. The summed E-state index contributed by atoms with van der Waals surface area (Å²) in [7, 11) is 3.52. The van der Waals surface area contributed by atoms with E-state index in [-0.39, 0.29) is 11.9 Å². The SMILES string of the molecule is CNC1COc2ccc(C#CC(C)C)cc2N(C)C1=O.N/C=C(\C=NC=O)Cc1cccc(F)n1. The van der Waals surface area contributed by atoms with Crippen molar-refractivity contribution in [1.29, 1.82) is 0 Å². The third-order valence-corrected chi connectivity index (χ3v) is 4.88. The smallest absolute Gasteiger partial charge is 0.247 e. The Morgan fingerprint density at radius 1 is 1.40 bits per heavy atom. The molecule has 3 rings (SSSR count). The molecule has 2 heterocycles. The first-order valence-electron chi connectivity index (χ1n) is 11.0. The average Bonchev–Trinajstić information content (AvgIpc) is 2.97. The molecule has 2 aromatic rings. The van der Waals surface area contributed by atoms with Gasteiger partial charge in [-0.3, -0.25) is 9.59 Å². The summed E-state index contributed by atoms with van der Waals surface area (Å²) in [6.07, 6.45) is 3.37. The number of fused-ring (bicyclic) bond motifs is 1. The van der Waals surface area contributed by atoms with Crippen molar-refractivity contribution in [2.45, 2.75) is 26.3 Å². The van der Waals surface area contributed by atoms with E-state index >= 15 is 0 Å². The number of rotatable bonds is 5. The number of ether oxygens (including phenoxy) is 1. The van der Waals surface area contributed by atoms with Crippen LogP contribution in [0.25, 0.3) is 0 Å². The molecule has 1 unspecified atom stereocenters. The molecule has 9 heteroatoms. The number of allylic oxidation sites excluding steroid dienone is 1. The molecule has 3 N–H and O–H groups in total. The molecule has 0 saturated heterocycles. The van der Waals surface area contributed by atoms with Gasteiger partial charge in [0.1, 0.15) is 18.4 Å². The normalized spacial score (nSPS) is 15.4. The van der Waals surface area contributed by atoms with Gasteiger partial charge in [0.05, 0.1) is 5.69 Å².